The third kappa shape index (κ3) is 8.28. The highest BCUT2D eigenvalue weighted by atomic mass is 16.5. The molecule has 3 rings (SSSR count). The van der Waals surface area contributed by atoms with Crippen molar-refractivity contribution in [3.8, 4) is 5.75 Å². The number of hydrogen-bond donors (Lipinski definition) is 2. The average molecular weight is 401 g/mol. The quantitative estimate of drug-likeness (QED) is 0.708. The first-order chi connectivity index (χ1) is 14.0. The third-order valence-electron chi connectivity index (χ3n) is 4.40. The molecule has 0 bridgehead atoms. The van der Waals surface area contributed by atoms with E-state index >= 15 is 0 Å². The fourth-order valence-electron chi connectivity index (χ4n) is 2.94. The van der Waals surface area contributed by atoms with Crippen LogP contribution >= 0.6 is 0 Å². The fraction of sp³-hybridized carbons (Fsp3) is 0.381. The lowest BCUT2D eigenvalue weighted by atomic mass is 10.2. The van der Waals surface area contributed by atoms with Crippen molar-refractivity contribution in [1.29, 1.82) is 0 Å². The number of hydrogen-bond acceptors (Lipinski definition) is 6. The zero-order chi connectivity index (χ0) is 21.1. The van der Waals surface area contributed by atoms with Crippen molar-refractivity contribution in [1.82, 2.24) is 14.8 Å². The number of aliphatic carboxylic acids is 2. The van der Waals surface area contributed by atoms with Gasteiger partial charge in [0.05, 0.1) is 12.3 Å². The Balaban J connectivity index is 0.000000438. The van der Waals surface area contributed by atoms with Gasteiger partial charge < -0.3 is 14.9 Å². The first-order valence-corrected chi connectivity index (χ1v) is 9.50. The van der Waals surface area contributed by atoms with Crippen LogP contribution in [-0.2, 0) is 22.7 Å². The first-order valence-electron chi connectivity index (χ1n) is 9.50. The van der Waals surface area contributed by atoms with Gasteiger partial charge >= 0.3 is 11.9 Å². The molecule has 1 aliphatic rings. The molecule has 0 aliphatic carbocycles. The lowest BCUT2D eigenvalue weighted by molar-refractivity contribution is -0.159. The van der Waals surface area contributed by atoms with Crippen molar-refractivity contribution in [3.63, 3.8) is 0 Å². The molecule has 0 amide bonds. The van der Waals surface area contributed by atoms with Crippen LogP contribution in [-0.4, -0.2) is 69.7 Å². The molecule has 2 N–H and O–H groups in total. The molecule has 0 unspecified atom stereocenters. The zero-order valence-corrected chi connectivity index (χ0v) is 16.5. The van der Waals surface area contributed by atoms with Gasteiger partial charge in [0, 0.05) is 45.5 Å². The summed E-state index contributed by atoms with van der Waals surface area (Å²) in [6.07, 6.45) is 1.87. The molecule has 2 heterocycles. The van der Waals surface area contributed by atoms with Crippen LogP contribution in [0.2, 0.25) is 0 Å². The molecule has 8 heteroatoms. The normalized spacial score (nSPS) is 14.5. The summed E-state index contributed by atoms with van der Waals surface area (Å²) in [4.78, 5) is 27.6. The molecule has 0 atom stereocenters. The van der Waals surface area contributed by atoms with Crippen LogP contribution in [0.1, 0.15) is 18.2 Å². The molecule has 2 aromatic rings. The lowest BCUT2D eigenvalue weighted by Crippen LogP contribution is -2.45. The van der Waals surface area contributed by atoms with Crippen LogP contribution in [0.4, 0.5) is 0 Å². The molecule has 1 saturated heterocycles. The van der Waals surface area contributed by atoms with Gasteiger partial charge in [-0.3, -0.25) is 14.8 Å². The van der Waals surface area contributed by atoms with Gasteiger partial charge in [-0.15, -0.1) is 0 Å². The van der Waals surface area contributed by atoms with E-state index < -0.39 is 11.9 Å². The second kappa shape index (κ2) is 11.8. The van der Waals surface area contributed by atoms with Crippen molar-refractivity contribution in [2.45, 2.75) is 20.0 Å². The number of aromatic nitrogens is 1. The second-order valence-corrected chi connectivity index (χ2v) is 6.56. The molecular formula is C21H27N3O5. The molecule has 1 aliphatic heterocycles. The van der Waals surface area contributed by atoms with Gasteiger partial charge in [0.25, 0.3) is 0 Å². The summed E-state index contributed by atoms with van der Waals surface area (Å²) in [7, 11) is 0. The zero-order valence-electron chi connectivity index (χ0n) is 16.5. The monoisotopic (exact) mass is 401 g/mol. The molecule has 1 fully saturated rings. The number of nitrogens with zero attached hydrogens (tertiary/aromatic N) is 3. The molecule has 0 spiro atoms. The highest BCUT2D eigenvalue weighted by Gasteiger charge is 2.17. The smallest absolute Gasteiger partial charge is 0.414 e. The van der Waals surface area contributed by atoms with E-state index in [1.807, 2.05) is 19.2 Å². The number of pyridine rings is 1. The Hall–Kier alpha value is -2.97. The van der Waals surface area contributed by atoms with E-state index in [-0.39, 0.29) is 0 Å². The van der Waals surface area contributed by atoms with Crippen LogP contribution in [0, 0.1) is 0 Å². The third-order valence-corrected chi connectivity index (χ3v) is 4.40. The minimum atomic E-state index is -1.82. The minimum absolute atomic E-state index is 0.720. The highest BCUT2D eigenvalue weighted by molar-refractivity contribution is 6.27. The summed E-state index contributed by atoms with van der Waals surface area (Å²) in [6, 6.07) is 14.6. The first kappa shape index (κ1) is 22.3. The van der Waals surface area contributed by atoms with E-state index in [0.717, 1.165) is 57.3 Å². The maximum Gasteiger partial charge on any atom is 0.414 e. The van der Waals surface area contributed by atoms with Crippen molar-refractivity contribution >= 4 is 11.9 Å². The van der Waals surface area contributed by atoms with Crippen LogP contribution in [0.25, 0.3) is 0 Å². The summed E-state index contributed by atoms with van der Waals surface area (Å²) in [5, 5.41) is 14.8. The molecule has 0 saturated carbocycles. The van der Waals surface area contributed by atoms with Gasteiger partial charge in [-0.1, -0.05) is 18.2 Å². The van der Waals surface area contributed by atoms with E-state index in [2.05, 4.69) is 51.2 Å². The Kier molecular flexibility index (Phi) is 9.07. The van der Waals surface area contributed by atoms with E-state index in [9.17, 15) is 0 Å². The molecule has 1 aromatic heterocycles. The van der Waals surface area contributed by atoms with Crippen molar-refractivity contribution in [2.24, 2.45) is 0 Å². The number of carboxylic acid groups (broad SMARTS) is 2. The molecule has 1 aromatic carbocycles. The number of carboxylic acids is 2. The van der Waals surface area contributed by atoms with Gasteiger partial charge in [0.2, 0.25) is 0 Å². The van der Waals surface area contributed by atoms with Crippen molar-refractivity contribution in [2.75, 3.05) is 32.8 Å². The summed E-state index contributed by atoms with van der Waals surface area (Å²) in [5.41, 5.74) is 2.51. The van der Waals surface area contributed by atoms with Crippen LogP contribution in [0.5, 0.6) is 5.75 Å². The average Bonchev–Trinajstić information content (AvgIpc) is 2.72. The van der Waals surface area contributed by atoms with Crippen LogP contribution < -0.4 is 4.74 Å². The fourth-order valence-corrected chi connectivity index (χ4v) is 2.94. The second-order valence-electron chi connectivity index (χ2n) is 6.56. The number of ether oxygens (including phenoxy) is 1. The van der Waals surface area contributed by atoms with E-state index in [1.54, 1.807) is 0 Å². The van der Waals surface area contributed by atoms with Crippen molar-refractivity contribution < 1.29 is 24.5 Å². The molecule has 0 radical (unpaired) electrons. The summed E-state index contributed by atoms with van der Waals surface area (Å²) in [5.74, 6) is -2.69. The topological polar surface area (TPSA) is 103 Å². The van der Waals surface area contributed by atoms with Gasteiger partial charge in [-0.25, -0.2) is 9.59 Å². The SMILES string of the molecule is CCOc1ccc(CN2CCN(Cc3ccccn3)CC2)cc1.O=C(O)C(=O)O. The standard InChI is InChI=1S/C19H25N3O.C2H2O4/c1-2-23-19-8-6-17(7-9-19)15-21-11-13-22(14-12-21)16-18-5-3-4-10-20-18;3-1(4)2(5)6/h3-10H,2,11-16H2,1H3;(H,3,4)(H,5,6). The summed E-state index contributed by atoms with van der Waals surface area (Å²) >= 11 is 0. The largest absolute Gasteiger partial charge is 0.494 e. The predicted octanol–water partition coefficient (Wildman–Crippen LogP) is 1.95. The van der Waals surface area contributed by atoms with Crippen molar-refractivity contribution in [3.05, 3.63) is 59.9 Å². The molecule has 29 heavy (non-hydrogen) atoms. The lowest BCUT2D eigenvalue weighted by Gasteiger charge is -2.34. The van der Waals surface area contributed by atoms with Crippen LogP contribution in [0.3, 0.4) is 0 Å². The van der Waals surface area contributed by atoms with E-state index in [0.29, 0.717) is 0 Å². The van der Waals surface area contributed by atoms with E-state index in [4.69, 9.17) is 24.5 Å². The predicted molar refractivity (Wildman–Crippen MR) is 108 cm³/mol. The Bertz CT molecular complexity index is 748. The Morgan fingerprint density at radius 1 is 0.931 bits per heavy atom. The summed E-state index contributed by atoms with van der Waals surface area (Å²) < 4.78 is 5.50. The maximum atomic E-state index is 9.10. The minimum Gasteiger partial charge on any atom is -0.494 e. The van der Waals surface area contributed by atoms with Gasteiger partial charge in [-0.2, -0.15) is 0 Å². The van der Waals surface area contributed by atoms with Gasteiger partial charge in [0.15, 0.2) is 0 Å². The van der Waals surface area contributed by atoms with E-state index in [1.165, 1.54) is 5.56 Å². The molecular weight excluding hydrogens is 374 g/mol. The number of benzene rings is 1. The Morgan fingerprint density at radius 2 is 1.52 bits per heavy atom. The highest BCUT2D eigenvalue weighted by Crippen LogP contribution is 2.15. The number of rotatable bonds is 6. The Labute approximate surface area is 170 Å². The summed E-state index contributed by atoms with van der Waals surface area (Å²) in [6.45, 7) is 9.14. The Morgan fingerprint density at radius 3 is 2.00 bits per heavy atom. The van der Waals surface area contributed by atoms with Gasteiger partial charge in [0.1, 0.15) is 5.75 Å². The molecule has 156 valence electrons. The number of carbonyl (C=O) groups is 2. The number of piperazine rings is 1. The molecule has 8 nitrogen and oxygen atoms in total. The van der Waals surface area contributed by atoms with Gasteiger partial charge in [-0.05, 0) is 36.8 Å². The maximum absolute atomic E-state index is 9.10. The van der Waals surface area contributed by atoms with Crippen LogP contribution in [0.15, 0.2) is 48.7 Å².